The van der Waals surface area contributed by atoms with Crippen molar-refractivity contribution in [1.29, 1.82) is 0 Å². The number of hydrogen-bond donors (Lipinski definition) is 1. The molecule has 1 N–H and O–H groups in total. The van der Waals surface area contributed by atoms with E-state index in [1.165, 1.54) is 22.9 Å². The summed E-state index contributed by atoms with van der Waals surface area (Å²) >= 11 is 0. The summed E-state index contributed by atoms with van der Waals surface area (Å²) in [5, 5.41) is 2.92. The molecule has 4 rings (SSSR count). The van der Waals surface area contributed by atoms with Crippen LogP contribution in [0.3, 0.4) is 0 Å². The molecule has 5 nitrogen and oxygen atoms in total. The fraction of sp³-hybridized carbons (Fsp3) is 0.211. The van der Waals surface area contributed by atoms with Crippen molar-refractivity contribution in [3.05, 3.63) is 76.5 Å². The molecular weight excluding hydrogens is 321 g/mol. The van der Waals surface area contributed by atoms with E-state index in [2.05, 4.69) is 10.3 Å². The molecule has 0 bridgehead atoms. The number of carbonyl (C=O) groups excluding carboxylic acids is 1. The van der Waals surface area contributed by atoms with E-state index in [1.807, 2.05) is 12.1 Å². The molecule has 0 spiro atoms. The Labute approximate surface area is 143 Å². The van der Waals surface area contributed by atoms with E-state index in [0.29, 0.717) is 11.0 Å². The van der Waals surface area contributed by atoms with Gasteiger partial charge in [0.1, 0.15) is 12.4 Å². The molecule has 1 amide bonds. The fourth-order valence-corrected chi connectivity index (χ4v) is 3.13. The lowest BCUT2D eigenvalue weighted by atomic mass is 10.1. The van der Waals surface area contributed by atoms with Gasteiger partial charge in [-0.3, -0.25) is 14.2 Å². The molecule has 2 atom stereocenters. The highest BCUT2D eigenvalue weighted by molar-refractivity contribution is 5.80. The Morgan fingerprint density at radius 2 is 2.08 bits per heavy atom. The van der Waals surface area contributed by atoms with Crippen molar-refractivity contribution in [3.8, 4) is 0 Å². The van der Waals surface area contributed by atoms with Crippen LogP contribution >= 0.6 is 0 Å². The molecule has 1 heterocycles. The van der Waals surface area contributed by atoms with Crippen molar-refractivity contribution >= 4 is 16.9 Å². The number of benzene rings is 2. The van der Waals surface area contributed by atoms with Gasteiger partial charge in [-0.25, -0.2) is 9.37 Å². The molecule has 126 valence electrons. The van der Waals surface area contributed by atoms with Gasteiger partial charge in [-0.1, -0.05) is 24.3 Å². The van der Waals surface area contributed by atoms with E-state index >= 15 is 0 Å². The molecule has 0 aliphatic heterocycles. The third-order valence-corrected chi connectivity index (χ3v) is 4.47. The zero-order valence-electron chi connectivity index (χ0n) is 13.4. The number of hydrogen-bond acceptors (Lipinski definition) is 3. The van der Waals surface area contributed by atoms with Crippen LogP contribution in [0.2, 0.25) is 0 Å². The zero-order chi connectivity index (χ0) is 17.4. The summed E-state index contributed by atoms with van der Waals surface area (Å²) in [5.41, 5.74) is 1.87. The van der Waals surface area contributed by atoms with Crippen molar-refractivity contribution in [1.82, 2.24) is 14.9 Å². The van der Waals surface area contributed by atoms with Gasteiger partial charge in [-0.05, 0) is 36.2 Å². The Hall–Kier alpha value is -3.02. The van der Waals surface area contributed by atoms with Crippen LogP contribution in [0.1, 0.15) is 17.9 Å². The van der Waals surface area contributed by atoms with Gasteiger partial charge in [0.05, 0.1) is 17.2 Å². The molecule has 0 saturated heterocycles. The van der Waals surface area contributed by atoms with E-state index in [0.717, 1.165) is 12.0 Å². The molecular formula is C19H16FN3O2. The van der Waals surface area contributed by atoms with E-state index < -0.39 is 0 Å². The Bertz CT molecular complexity index is 1010. The summed E-state index contributed by atoms with van der Waals surface area (Å²) in [6, 6.07) is 13.6. The first-order valence-corrected chi connectivity index (χ1v) is 8.11. The lowest BCUT2D eigenvalue weighted by molar-refractivity contribution is -0.121. The first-order valence-electron chi connectivity index (χ1n) is 8.11. The van der Waals surface area contributed by atoms with Crippen LogP contribution in [0, 0.1) is 5.82 Å². The summed E-state index contributed by atoms with van der Waals surface area (Å²) in [5.74, 6) is -0.378. The van der Waals surface area contributed by atoms with Gasteiger partial charge in [0.15, 0.2) is 0 Å². The predicted molar refractivity (Wildman–Crippen MR) is 91.7 cm³/mol. The van der Waals surface area contributed by atoms with Crippen LogP contribution in [-0.2, 0) is 11.3 Å². The summed E-state index contributed by atoms with van der Waals surface area (Å²) < 4.78 is 14.7. The summed E-state index contributed by atoms with van der Waals surface area (Å²) in [4.78, 5) is 28.5. The minimum absolute atomic E-state index is 0.0156. The first-order chi connectivity index (χ1) is 12.1. The number of fused-ring (bicyclic) bond motifs is 1. The highest BCUT2D eigenvalue weighted by Crippen LogP contribution is 2.40. The number of rotatable bonds is 4. The second-order valence-corrected chi connectivity index (χ2v) is 6.24. The maximum atomic E-state index is 13.3. The molecule has 0 unspecified atom stereocenters. The zero-order valence-corrected chi connectivity index (χ0v) is 13.4. The molecule has 6 heteroatoms. The lowest BCUT2D eigenvalue weighted by Gasteiger charge is -2.10. The monoisotopic (exact) mass is 337 g/mol. The van der Waals surface area contributed by atoms with Gasteiger partial charge in [0.25, 0.3) is 5.56 Å². The Morgan fingerprint density at radius 3 is 2.92 bits per heavy atom. The SMILES string of the molecule is O=C(Cn1c(=O)cnc2ccccc21)N[C@H]1C[C@H]1c1cccc(F)c1. The van der Waals surface area contributed by atoms with Crippen molar-refractivity contribution < 1.29 is 9.18 Å². The number of halogens is 1. The van der Waals surface area contributed by atoms with Gasteiger partial charge < -0.3 is 5.32 Å². The van der Waals surface area contributed by atoms with Crippen LogP contribution in [-0.4, -0.2) is 21.5 Å². The third-order valence-electron chi connectivity index (χ3n) is 4.47. The Kier molecular flexibility index (Phi) is 3.80. The topological polar surface area (TPSA) is 64.0 Å². The van der Waals surface area contributed by atoms with Crippen molar-refractivity contribution in [2.75, 3.05) is 0 Å². The van der Waals surface area contributed by atoms with E-state index in [9.17, 15) is 14.0 Å². The van der Waals surface area contributed by atoms with Gasteiger partial charge in [-0.2, -0.15) is 0 Å². The smallest absolute Gasteiger partial charge is 0.269 e. The number of para-hydroxylation sites is 2. The fourth-order valence-electron chi connectivity index (χ4n) is 3.13. The normalized spacial score (nSPS) is 18.9. The molecule has 1 aliphatic carbocycles. The number of nitrogens with one attached hydrogen (secondary N) is 1. The van der Waals surface area contributed by atoms with Crippen LogP contribution in [0.15, 0.2) is 59.5 Å². The van der Waals surface area contributed by atoms with Crippen LogP contribution < -0.4 is 10.9 Å². The highest BCUT2D eigenvalue weighted by Gasteiger charge is 2.39. The standard InChI is InChI=1S/C19H16FN3O2/c20-13-5-3-4-12(8-13)14-9-16(14)22-18(24)11-23-17-7-2-1-6-15(17)21-10-19(23)25/h1-8,10,14,16H,9,11H2,(H,22,24)/t14-,16-/m0/s1. The average molecular weight is 337 g/mol. The molecule has 0 radical (unpaired) electrons. The van der Waals surface area contributed by atoms with Crippen molar-refractivity contribution in [3.63, 3.8) is 0 Å². The van der Waals surface area contributed by atoms with Crippen molar-refractivity contribution in [2.45, 2.75) is 24.9 Å². The van der Waals surface area contributed by atoms with Gasteiger partial charge in [-0.15, -0.1) is 0 Å². The van der Waals surface area contributed by atoms with Gasteiger partial charge >= 0.3 is 0 Å². The second kappa shape index (κ2) is 6.12. The molecule has 1 fully saturated rings. The summed E-state index contributed by atoms with van der Waals surface area (Å²) in [6.45, 7) is -0.0613. The highest BCUT2D eigenvalue weighted by atomic mass is 19.1. The van der Waals surface area contributed by atoms with Gasteiger partial charge in [0, 0.05) is 12.0 Å². The maximum absolute atomic E-state index is 13.3. The number of aromatic nitrogens is 2. The average Bonchev–Trinajstić information content (AvgIpc) is 3.36. The minimum Gasteiger partial charge on any atom is -0.351 e. The van der Waals surface area contributed by atoms with Gasteiger partial charge in [0.2, 0.25) is 5.91 Å². The molecule has 25 heavy (non-hydrogen) atoms. The van der Waals surface area contributed by atoms with Crippen LogP contribution in [0.4, 0.5) is 4.39 Å². The maximum Gasteiger partial charge on any atom is 0.269 e. The van der Waals surface area contributed by atoms with E-state index in [4.69, 9.17) is 0 Å². The molecule has 2 aromatic carbocycles. The third kappa shape index (κ3) is 3.15. The number of nitrogens with zero attached hydrogens (tertiary/aromatic N) is 2. The number of amides is 1. The lowest BCUT2D eigenvalue weighted by Crippen LogP contribution is -2.34. The molecule has 1 aliphatic rings. The van der Waals surface area contributed by atoms with E-state index in [1.54, 1.807) is 24.3 Å². The minimum atomic E-state index is -0.314. The first kappa shape index (κ1) is 15.5. The largest absolute Gasteiger partial charge is 0.351 e. The van der Waals surface area contributed by atoms with Crippen LogP contribution in [0.5, 0.6) is 0 Å². The number of carbonyl (C=O) groups is 1. The quantitative estimate of drug-likeness (QED) is 0.794. The second-order valence-electron chi connectivity index (χ2n) is 6.24. The Morgan fingerprint density at radius 1 is 1.24 bits per heavy atom. The summed E-state index contributed by atoms with van der Waals surface area (Å²) in [6.07, 6.45) is 2.00. The Balaban J connectivity index is 1.47. The molecule has 3 aromatic rings. The summed E-state index contributed by atoms with van der Waals surface area (Å²) in [7, 11) is 0. The van der Waals surface area contributed by atoms with Crippen molar-refractivity contribution in [2.24, 2.45) is 0 Å². The van der Waals surface area contributed by atoms with Crippen LogP contribution in [0.25, 0.3) is 11.0 Å². The predicted octanol–water partition coefficient (Wildman–Crippen LogP) is 2.21. The van der Waals surface area contributed by atoms with E-state index in [-0.39, 0.29) is 35.8 Å². The molecule has 1 saturated carbocycles. The molecule has 1 aromatic heterocycles.